The molecule has 2 aromatic rings. The van der Waals surface area contributed by atoms with Crippen LogP contribution in [-0.2, 0) is 13.5 Å². The number of aromatic nitrogens is 4. The van der Waals surface area contributed by atoms with Crippen molar-refractivity contribution in [3.63, 3.8) is 0 Å². The largest absolute Gasteiger partial charge is 0.371 e. The zero-order valence-corrected chi connectivity index (χ0v) is 19.6. The lowest BCUT2D eigenvalue weighted by Gasteiger charge is -2.34. The first kappa shape index (κ1) is 21.3. The molecule has 2 fully saturated rings. The summed E-state index contributed by atoms with van der Waals surface area (Å²) in [6.45, 7) is 12.9. The third-order valence-electron chi connectivity index (χ3n) is 7.33. The Kier molecular flexibility index (Phi) is 5.64. The Morgan fingerprint density at radius 1 is 1.20 bits per heavy atom. The highest BCUT2D eigenvalue weighted by Gasteiger charge is 2.54. The summed E-state index contributed by atoms with van der Waals surface area (Å²) in [5, 5.41) is 16.6. The summed E-state index contributed by atoms with van der Waals surface area (Å²) in [6, 6.07) is 2.23. The van der Waals surface area contributed by atoms with Gasteiger partial charge in [-0.3, -0.25) is 4.68 Å². The fourth-order valence-corrected chi connectivity index (χ4v) is 5.14. The van der Waals surface area contributed by atoms with Crippen LogP contribution < -0.4 is 5.32 Å². The van der Waals surface area contributed by atoms with Crippen molar-refractivity contribution < 1.29 is 0 Å². The maximum Gasteiger partial charge on any atom is 0.151 e. The van der Waals surface area contributed by atoms with E-state index in [4.69, 9.17) is 0 Å². The minimum Gasteiger partial charge on any atom is -0.371 e. The molecule has 0 amide bonds. The van der Waals surface area contributed by atoms with Crippen LogP contribution in [0.5, 0.6) is 0 Å². The molecule has 0 aromatic carbocycles. The van der Waals surface area contributed by atoms with Gasteiger partial charge in [-0.2, -0.15) is 5.10 Å². The molecule has 0 radical (unpaired) electrons. The van der Waals surface area contributed by atoms with Crippen LogP contribution in [0.2, 0.25) is 0 Å². The number of nitrogens with one attached hydrogen (secondary N) is 1. The third kappa shape index (κ3) is 4.39. The van der Waals surface area contributed by atoms with Gasteiger partial charge in [-0.15, -0.1) is 10.2 Å². The van der Waals surface area contributed by atoms with Crippen molar-refractivity contribution in [2.45, 2.75) is 59.8 Å². The summed E-state index contributed by atoms with van der Waals surface area (Å²) in [5.74, 6) is 1.70. The summed E-state index contributed by atoms with van der Waals surface area (Å²) >= 11 is 0. The molecule has 2 aliphatic rings. The Bertz CT molecular complexity index is 866. The Morgan fingerprint density at radius 3 is 2.53 bits per heavy atom. The summed E-state index contributed by atoms with van der Waals surface area (Å²) in [5.41, 5.74) is 5.41. The summed E-state index contributed by atoms with van der Waals surface area (Å²) < 4.78 is 1.90. The summed E-state index contributed by atoms with van der Waals surface area (Å²) in [7, 11) is 3.91. The zero-order valence-electron chi connectivity index (χ0n) is 19.6. The predicted molar refractivity (Wildman–Crippen MR) is 123 cm³/mol. The van der Waals surface area contributed by atoms with E-state index < -0.39 is 0 Å². The predicted octanol–water partition coefficient (Wildman–Crippen LogP) is 4.31. The topological polar surface area (TPSA) is 58.9 Å². The second kappa shape index (κ2) is 7.95. The standard InChI is InChI=1S/C24H38N6/c1-17-16-26-29(6)21(17)20-14-18(22(25-5)28-27-20)13-19-15-24(19)8-11-30(12-9-24)10-7-23(2,3)4/h14,16,19H,7-13,15H2,1-6H3,(H,25,28). The van der Waals surface area contributed by atoms with Gasteiger partial charge >= 0.3 is 0 Å². The molecule has 3 heterocycles. The molecule has 1 aliphatic heterocycles. The van der Waals surface area contributed by atoms with E-state index in [2.05, 4.69) is 59.3 Å². The molecule has 6 heteroatoms. The molecule has 1 atom stereocenters. The molecule has 1 spiro atoms. The van der Waals surface area contributed by atoms with Gasteiger partial charge in [0.05, 0.1) is 11.9 Å². The van der Waals surface area contributed by atoms with E-state index in [1.807, 2.05) is 25.0 Å². The van der Waals surface area contributed by atoms with E-state index in [0.717, 1.165) is 35.1 Å². The van der Waals surface area contributed by atoms with Gasteiger partial charge in [-0.25, -0.2) is 0 Å². The van der Waals surface area contributed by atoms with Crippen LogP contribution in [0.3, 0.4) is 0 Å². The molecule has 30 heavy (non-hydrogen) atoms. The highest BCUT2D eigenvalue weighted by molar-refractivity contribution is 5.61. The molecule has 2 aromatic heterocycles. The zero-order chi connectivity index (χ0) is 21.5. The van der Waals surface area contributed by atoms with Crippen LogP contribution in [0.1, 0.15) is 57.6 Å². The van der Waals surface area contributed by atoms with E-state index in [1.165, 1.54) is 50.9 Å². The maximum absolute atomic E-state index is 4.50. The number of anilines is 1. The van der Waals surface area contributed by atoms with Crippen LogP contribution in [0.4, 0.5) is 5.82 Å². The Labute approximate surface area is 181 Å². The van der Waals surface area contributed by atoms with Gasteiger partial charge in [-0.05, 0) is 92.6 Å². The van der Waals surface area contributed by atoms with E-state index >= 15 is 0 Å². The van der Waals surface area contributed by atoms with Crippen molar-refractivity contribution in [2.24, 2.45) is 23.8 Å². The minimum atomic E-state index is 0.430. The molecular formula is C24H38N6. The van der Waals surface area contributed by atoms with Crippen LogP contribution in [0.25, 0.3) is 11.4 Å². The average Bonchev–Trinajstić information content (AvgIpc) is 3.24. The van der Waals surface area contributed by atoms with E-state index in [1.54, 1.807) is 0 Å². The van der Waals surface area contributed by atoms with Crippen molar-refractivity contribution in [1.29, 1.82) is 0 Å². The van der Waals surface area contributed by atoms with Gasteiger partial charge in [0.25, 0.3) is 0 Å². The maximum atomic E-state index is 4.50. The number of hydrogen-bond donors (Lipinski definition) is 1. The van der Waals surface area contributed by atoms with Crippen molar-refractivity contribution in [3.05, 3.63) is 23.4 Å². The van der Waals surface area contributed by atoms with Crippen molar-refractivity contribution in [3.8, 4) is 11.4 Å². The molecule has 1 unspecified atom stereocenters. The van der Waals surface area contributed by atoms with Crippen molar-refractivity contribution in [2.75, 3.05) is 32.0 Å². The Hall–Kier alpha value is -1.95. The minimum absolute atomic E-state index is 0.430. The van der Waals surface area contributed by atoms with Gasteiger partial charge in [0.2, 0.25) is 0 Å². The number of aryl methyl sites for hydroxylation is 2. The number of nitrogens with zero attached hydrogens (tertiary/aromatic N) is 5. The SMILES string of the molecule is CNc1nnc(-c2c(C)cnn2C)cc1CC1CC12CCN(CCC(C)(C)C)CC2. The van der Waals surface area contributed by atoms with Gasteiger partial charge in [-0.1, -0.05) is 20.8 Å². The molecule has 1 aliphatic carbocycles. The molecule has 1 N–H and O–H groups in total. The first-order valence-electron chi connectivity index (χ1n) is 11.5. The second-order valence-electron chi connectivity index (χ2n) is 10.8. The number of piperidine rings is 1. The van der Waals surface area contributed by atoms with Crippen LogP contribution in [0.15, 0.2) is 12.3 Å². The van der Waals surface area contributed by atoms with Crippen LogP contribution >= 0.6 is 0 Å². The van der Waals surface area contributed by atoms with Gasteiger partial charge in [0.1, 0.15) is 5.69 Å². The number of likely N-dealkylation sites (tertiary alicyclic amines) is 1. The number of rotatable bonds is 6. The fourth-order valence-electron chi connectivity index (χ4n) is 5.14. The lowest BCUT2D eigenvalue weighted by atomic mass is 9.87. The molecule has 0 bridgehead atoms. The molecule has 6 nitrogen and oxygen atoms in total. The third-order valence-corrected chi connectivity index (χ3v) is 7.33. The molecular weight excluding hydrogens is 372 g/mol. The summed E-state index contributed by atoms with van der Waals surface area (Å²) in [4.78, 5) is 2.68. The Morgan fingerprint density at radius 2 is 1.93 bits per heavy atom. The van der Waals surface area contributed by atoms with Crippen LogP contribution in [-0.4, -0.2) is 51.6 Å². The lowest BCUT2D eigenvalue weighted by Crippen LogP contribution is -2.37. The van der Waals surface area contributed by atoms with E-state index in [0.29, 0.717) is 10.8 Å². The summed E-state index contributed by atoms with van der Waals surface area (Å²) in [6.07, 6.45) is 8.34. The van der Waals surface area contributed by atoms with E-state index in [9.17, 15) is 0 Å². The molecule has 1 saturated heterocycles. The van der Waals surface area contributed by atoms with Crippen LogP contribution in [0, 0.1) is 23.7 Å². The van der Waals surface area contributed by atoms with Gasteiger partial charge < -0.3 is 10.2 Å². The highest BCUT2D eigenvalue weighted by atomic mass is 15.3. The van der Waals surface area contributed by atoms with Crippen molar-refractivity contribution in [1.82, 2.24) is 24.9 Å². The lowest BCUT2D eigenvalue weighted by molar-refractivity contribution is 0.146. The fraction of sp³-hybridized carbons (Fsp3) is 0.708. The first-order chi connectivity index (χ1) is 14.2. The second-order valence-corrected chi connectivity index (χ2v) is 10.8. The average molecular weight is 411 g/mol. The quantitative estimate of drug-likeness (QED) is 0.769. The normalized spacial score (nSPS) is 21.2. The van der Waals surface area contributed by atoms with Gasteiger partial charge in [0.15, 0.2) is 5.82 Å². The Balaban J connectivity index is 1.42. The molecule has 4 rings (SSSR count). The van der Waals surface area contributed by atoms with Crippen molar-refractivity contribution >= 4 is 5.82 Å². The smallest absolute Gasteiger partial charge is 0.151 e. The monoisotopic (exact) mass is 410 g/mol. The molecule has 164 valence electrons. The van der Waals surface area contributed by atoms with E-state index in [-0.39, 0.29) is 0 Å². The molecule has 1 saturated carbocycles. The number of hydrogen-bond acceptors (Lipinski definition) is 5. The first-order valence-corrected chi connectivity index (χ1v) is 11.5. The highest BCUT2D eigenvalue weighted by Crippen LogP contribution is 2.60. The van der Waals surface area contributed by atoms with Gasteiger partial charge in [0, 0.05) is 14.1 Å².